The third kappa shape index (κ3) is 8.50. The minimum absolute atomic E-state index is 0. The lowest BCUT2D eigenvalue weighted by atomic mass is 10.3. The van der Waals surface area contributed by atoms with Gasteiger partial charge in [0.15, 0.2) is 11.8 Å². The number of aromatic nitrogens is 3. The van der Waals surface area contributed by atoms with E-state index in [2.05, 4.69) is 63.9 Å². The molecular formula is C19H31IN6S. The molecule has 0 aliphatic carbocycles. The van der Waals surface area contributed by atoms with Crippen LogP contribution in [0.2, 0.25) is 0 Å². The Kier molecular flexibility index (Phi) is 11.4. The molecule has 27 heavy (non-hydrogen) atoms. The van der Waals surface area contributed by atoms with Crippen molar-refractivity contribution in [1.82, 2.24) is 25.4 Å². The van der Waals surface area contributed by atoms with Crippen LogP contribution in [0.5, 0.6) is 0 Å². The molecule has 0 aliphatic heterocycles. The summed E-state index contributed by atoms with van der Waals surface area (Å²) in [5.74, 6) is 2.60. The van der Waals surface area contributed by atoms with E-state index in [0.29, 0.717) is 11.8 Å². The molecule has 150 valence electrons. The van der Waals surface area contributed by atoms with Crippen molar-refractivity contribution >= 4 is 41.7 Å². The average Bonchev–Trinajstić information content (AvgIpc) is 2.96. The number of guanidine groups is 1. The fourth-order valence-corrected chi connectivity index (χ4v) is 3.26. The first-order valence-corrected chi connectivity index (χ1v) is 10.1. The van der Waals surface area contributed by atoms with Gasteiger partial charge in [-0.3, -0.25) is 0 Å². The highest BCUT2D eigenvalue weighted by molar-refractivity contribution is 14.0. The number of unbranched alkanes of at least 4 members (excludes halogenated alkanes) is 1. The van der Waals surface area contributed by atoms with Crippen LogP contribution in [0.3, 0.4) is 0 Å². The van der Waals surface area contributed by atoms with Gasteiger partial charge < -0.3 is 15.2 Å². The second-order valence-corrected chi connectivity index (χ2v) is 7.80. The summed E-state index contributed by atoms with van der Waals surface area (Å²) >= 11 is 1.86. The number of nitrogens with one attached hydrogen (secondary N) is 2. The van der Waals surface area contributed by atoms with E-state index >= 15 is 0 Å². The summed E-state index contributed by atoms with van der Waals surface area (Å²) in [6.45, 7) is 8.63. The number of nitrogens with zero attached hydrogens (tertiary/aromatic N) is 4. The van der Waals surface area contributed by atoms with Crippen LogP contribution < -0.4 is 10.6 Å². The minimum atomic E-state index is 0. The van der Waals surface area contributed by atoms with Gasteiger partial charge >= 0.3 is 0 Å². The number of hydrogen-bond donors (Lipinski definition) is 2. The second-order valence-electron chi connectivity index (χ2n) is 6.29. The summed E-state index contributed by atoms with van der Waals surface area (Å²) in [7, 11) is 1.97. The maximum Gasteiger partial charge on any atom is 0.191 e. The Morgan fingerprint density at radius 2 is 1.96 bits per heavy atom. The molecule has 1 aromatic heterocycles. The van der Waals surface area contributed by atoms with Crippen LogP contribution in [0.1, 0.15) is 38.3 Å². The highest BCUT2D eigenvalue weighted by Gasteiger charge is 2.08. The van der Waals surface area contributed by atoms with Crippen molar-refractivity contribution in [1.29, 1.82) is 0 Å². The molecule has 0 aliphatic rings. The number of aryl methyl sites for hydroxylation is 1. The van der Waals surface area contributed by atoms with E-state index in [4.69, 9.17) is 0 Å². The first kappa shape index (κ1) is 23.7. The van der Waals surface area contributed by atoms with Gasteiger partial charge in [0.2, 0.25) is 0 Å². The number of aliphatic imine (C=N–C) groups is 1. The van der Waals surface area contributed by atoms with E-state index in [-0.39, 0.29) is 24.0 Å². The number of hydrogen-bond acceptors (Lipinski definition) is 4. The first-order valence-electron chi connectivity index (χ1n) is 9.19. The van der Waals surface area contributed by atoms with Gasteiger partial charge in [0.05, 0.1) is 0 Å². The predicted octanol–water partition coefficient (Wildman–Crippen LogP) is 3.76. The molecule has 0 amide bonds. The number of rotatable bonds is 9. The Balaban J connectivity index is 0.00000364. The van der Waals surface area contributed by atoms with Crippen molar-refractivity contribution < 1.29 is 0 Å². The summed E-state index contributed by atoms with van der Waals surface area (Å²) in [5, 5.41) is 15.6. The Bertz CT molecular complexity index is 689. The Hall–Kier alpha value is -1.29. The summed E-state index contributed by atoms with van der Waals surface area (Å²) in [6.07, 6.45) is 2.28. The van der Waals surface area contributed by atoms with Crippen molar-refractivity contribution in [3.8, 4) is 0 Å². The van der Waals surface area contributed by atoms with Crippen LogP contribution in [0.4, 0.5) is 0 Å². The third-order valence-electron chi connectivity index (χ3n) is 4.02. The third-order valence-corrected chi connectivity index (χ3v) is 5.13. The van der Waals surface area contributed by atoms with Gasteiger partial charge in [-0.15, -0.1) is 45.9 Å². The highest BCUT2D eigenvalue weighted by atomic mass is 127. The SMILES string of the molecule is CCCCNC(=NCc1nnc(C)n1C)NCC(C)Sc1ccccc1.I. The fraction of sp³-hybridized carbons (Fsp3) is 0.526. The zero-order valence-electron chi connectivity index (χ0n) is 16.6. The van der Waals surface area contributed by atoms with E-state index in [9.17, 15) is 0 Å². The largest absolute Gasteiger partial charge is 0.356 e. The van der Waals surface area contributed by atoms with Gasteiger partial charge in [-0.05, 0) is 25.5 Å². The summed E-state index contributed by atoms with van der Waals surface area (Å²) in [5.41, 5.74) is 0. The normalized spacial score (nSPS) is 12.4. The molecule has 2 rings (SSSR count). The van der Waals surface area contributed by atoms with Gasteiger partial charge in [-0.2, -0.15) is 0 Å². The second kappa shape index (κ2) is 13.0. The van der Waals surface area contributed by atoms with E-state index < -0.39 is 0 Å². The molecule has 6 nitrogen and oxygen atoms in total. The van der Waals surface area contributed by atoms with Crippen LogP contribution in [-0.4, -0.2) is 39.1 Å². The van der Waals surface area contributed by atoms with Gasteiger partial charge in [0, 0.05) is 30.3 Å². The number of halogens is 1. The summed E-state index contributed by atoms with van der Waals surface area (Å²) in [4.78, 5) is 5.97. The van der Waals surface area contributed by atoms with E-state index in [1.54, 1.807) is 0 Å². The van der Waals surface area contributed by atoms with E-state index in [1.807, 2.05) is 36.4 Å². The van der Waals surface area contributed by atoms with E-state index in [0.717, 1.165) is 43.5 Å². The predicted molar refractivity (Wildman–Crippen MR) is 125 cm³/mol. The fourth-order valence-electron chi connectivity index (χ4n) is 2.31. The molecule has 1 atom stereocenters. The van der Waals surface area contributed by atoms with Crippen molar-refractivity contribution in [3.63, 3.8) is 0 Å². The van der Waals surface area contributed by atoms with Crippen LogP contribution in [0, 0.1) is 6.92 Å². The molecule has 2 N–H and O–H groups in total. The first-order chi connectivity index (χ1) is 12.6. The lowest BCUT2D eigenvalue weighted by molar-refractivity contribution is 0.713. The van der Waals surface area contributed by atoms with Gasteiger partial charge in [0.25, 0.3) is 0 Å². The zero-order valence-corrected chi connectivity index (χ0v) is 19.8. The Morgan fingerprint density at radius 1 is 1.22 bits per heavy atom. The minimum Gasteiger partial charge on any atom is -0.356 e. The quantitative estimate of drug-likeness (QED) is 0.180. The lowest BCUT2D eigenvalue weighted by Crippen LogP contribution is -2.40. The Labute approximate surface area is 184 Å². The van der Waals surface area contributed by atoms with Crippen LogP contribution in [0.25, 0.3) is 0 Å². The molecule has 0 fully saturated rings. The van der Waals surface area contributed by atoms with Crippen molar-refractivity contribution in [2.75, 3.05) is 13.1 Å². The Morgan fingerprint density at radius 3 is 2.59 bits per heavy atom. The standard InChI is InChI=1S/C19H30N6S.HI/c1-5-6-12-20-19(22-14-18-24-23-16(3)25(18)4)21-13-15(2)26-17-10-8-7-9-11-17;/h7-11,15H,5-6,12-14H2,1-4H3,(H2,20,21,22);1H. The van der Waals surface area contributed by atoms with Gasteiger partial charge in [-0.1, -0.05) is 38.5 Å². The maximum atomic E-state index is 4.68. The number of thioether (sulfide) groups is 1. The molecule has 0 spiro atoms. The monoisotopic (exact) mass is 502 g/mol. The molecular weight excluding hydrogens is 471 g/mol. The molecule has 1 unspecified atom stereocenters. The van der Waals surface area contributed by atoms with Crippen LogP contribution in [-0.2, 0) is 13.6 Å². The number of benzene rings is 1. The van der Waals surface area contributed by atoms with E-state index in [1.165, 1.54) is 4.90 Å². The highest BCUT2D eigenvalue weighted by Crippen LogP contribution is 2.21. The molecule has 1 aromatic carbocycles. The van der Waals surface area contributed by atoms with Crippen molar-refractivity contribution in [2.45, 2.75) is 50.3 Å². The molecule has 0 bridgehead atoms. The molecule has 1 heterocycles. The van der Waals surface area contributed by atoms with Crippen LogP contribution in [0.15, 0.2) is 40.2 Å². The van der Waals surface area contributed by atoms with Crippen LogP contribution >= 0.6 is 35.7 Å². The van der Waals surface area contributed by atoms with Crippen molar-refractivity contribution in [3.05, 3.63) is 42.0 Å². The van der Waals surface area contributed by atoms with Gasteiger partial charge in [-0.25, -0.2) is 4.99 Å². The smallest absolute Gasteiger partial charge is 0.191 e. The molecule has 0 radical (unpaired) electrons. The molecule has 0 saturated carbocycles. The summed E-state index contributed by atoms with van der Waals surface area (Å²) < 4.78 is 1.97. The zero-order chi connectivity index (χ0) is 18.8. The van der Waals surface area contributed by atoms with Crippen molar-refractivity contribution in [2.24, 2.45) is 12.0 Å². The summed E-state index contributed by atoms with van der Waals surface area (Å²) in [6, 6.07) is 10.5. The maximum absolute atomic E-state index is 4.68. The average molecular weight is 502 g/mol. The van der Waals surface area contributed by atoms with Gasteiger partial charge in [0.1, 0.15) is 12.4 Å². The molecule has 2 aromatic rings. The topological polar surface area (TPSA) is 67.1 Å². The molecule has 8 heteroatoms. The lowest BCUT2D eigenvalue weighted by Gasteiger charge is -2.16. The molecule has 0 saturated heterocycles.